The molecule has 6 heteroatoms. The van der Waals surface area contributed by atoms with Crippen LogP contribution in [-0.4, -0.2) is 26.3 Å². The van der Waals surface area contributed by atoms with Gasteiger partial charge >= 0.3 is 0 Å². The monoisotopic (exact) mass is 475 g/mol. The Kier molecular flexibility index (Phi) is 6.25. The van der Waals surface area contributed by atoms with Crippen LogP contribution in [0.2, 0.25) is 0 Å². The first kappa shape index (κ1) is 22.5. The van der Waals surface area contributed by atoms with Gasteiger partial charge < -0.3 is 4.74 Å². The van der Waals surface area contributed by atoms with Gasteiger partial charge in [-0.1, -0.05) is 56.3 Å². The summed E-state index contributed by atoms with van der Waals surface area (Å²) in [5.41, 5.74) is 5.90. The van der Waals surface area contributed by atoms with E-state index >= 15 is 0 Å². The molecule has 0 bridgehead atoms. The first-order valence-corrected chi connectivity index (χ1v) is 13.3. The van der Waals surface area contributed by atoms with Crippen LogP contribution in [0.15, 0.2) is 47.8 Å². The maximum atomic E-state index is 6.20. The van der Waals surface area contributed by atoms with E-state index in [1.807, 2.05) is 6.07 Å². The number of hydrogen-bond donors (Lipinski definition) is 0. The van der Waals surface area contributed by atoms with Gasteiger partial charge in [-0.15, -0.1) is 23.1 Å². The quantitative estimate of drug-likeness (QED) is 0.220. The Bertz CT molecular complexity index is 1330. The number of aromatic nitrogens is 3. The standard InChI is InChI=1S/C27H29N3OS2/c1-17(2)13-21-20-15-31-27(3,4)14-19(20)22-23-24(33-25(22)30-21)26(29-16-28-23)32-12-8-11-18-9-6-5-7-10-18/h5-11,16-17H,12-15H2,1-4H3/b11-8+. The van der Waals surface area contributed by atoms with Gasteiger partial charge in [-0.2, -0.15) is 0 Å². The van der Waals surface area contributed by atoms with Crippen LogP contribution < -0.4 is 0 Å². The zero-order chi connectivity index (χ0) is 23.0. The Labute approximate surface area is 203 Å². The average molecular weight is 476 g/mol. The Balaban J connectivity index is 1.55. The maximum absolute atomic E-state index is 6.20. The first-order chi connectivity index (χ1) is 15.9. The van der Waals surface area contributed by atoms with Crippen LogP contribution in [0, 0.1) is 5.92 Å². The lowest BCUT2D eigenvalue weighted by molar-refractivity contribution is -0.0402. The van der Waals surface area contributed by atoms with Gasteiger partial charge in [-0.25, -0.2) is 15.0 Å². The van der Waals surface area contributed by atoms with E-state index < -0.39 is 0 Å². The molecule has 0 unspecified atom stereocenters. The summed E-state index contributed by atoms with van der Waals surface area (Å²) < 4.78 is 7.34. The molecule has 0 amide bonds. The molecule has 0 radical (unpaired) electrons. The first-order valence-electron chi connectivity index (χ1n) is 11.5. The van der Waals surface area contributed by atoms with E-state index in [9.17, 15) is 0 Å². The summed E-state index contributed by atoms with van der Waals surface area (Å²) in [7, 11) is 0. The topological polar surface area (TPSA) is 47.9 Å². The number of ether oxygens (including phenoxy) is 1. The summed E-state index contributed by atoms with van der Waals surface area (Å²) >= 11 is 3.49. The SMILES string of the molecule is CC(C)Cc1nc2sc3c(SC/C=C/c4ccccc4)ncnc3c2c2c1COC(C)(C)C2. The van der Waals surface area contributed by atoms with Crippen molar-refractivity contribution in [3.8, 4) is 0 Å². The van der Waals surface area contributed by atoms with E-state index in [2.05, 4.69) is 69.1 Å². The highest BCUT2D eigenvalue weighted by Crippen LogP contribution is 2.43. The molecule has 4 aromatic rings. The Morgan fingerprint density at radius 3 is 2.76 bits per heavy atom. The summed E-state index contributed by atoms with van der Waals surface area (Å²) in [6.07, 6.45) is 7.91. The van der Waals surface area contributed by atoms with Crippen LogP contribution in [0.5, 0.6) is 0 Å². The molecule has 0 atom stereocenters. The Morgan fingerprint density at radius 1 is 1.15 bits per heavy atom. The molecule has 33 heavy (non-hydrogen) atoms. The van der Waals surface area contributed by atoms with Crippen molar-refractivity contribution in [1.29, 1.82) is 0 Å². The average Bonchev–Trinajstić information content (AvgIpc) is 3.15. The van der Waals surface area contributed by atoms with E-state index in [4.69, 9.17) is 14.7 Å². The second-order valence-corrected chi connectivity index (χ2v) is 11.6. The lowest BCUT2D eigenvalue weighted by atomic mass is 9.88. The third-order valence-electron chi connectivity index (χ3n) is 5.91. The Morgan fingerprint density at radius 2 is 1.97 bits per heavy atom. The number of rotatable bonds is 6. The number of thiophene rings is 1. The molecule has 0 spiro atoms. The number of nitrogens with zero attached hydrogens (tertiary/aromatic N) is 3. The van der Waals surface area contributed by atoms with E-state index in [1.165, 1.54) is 27.8 Å². The van der Waals surface area contributed by atoms with Crippen LogP contribution >= 0.6 is 23.1 Å². The molecule has 1 aliphatic heterocycles. The molecular formula is C27H29N3OS2. The molecule has 0 saturated carbocycles. The third kappa shape index (κ3) is 4.70. The summed E-state index contributed by atoms with van der Waals surface area (Å²) in [5.74, 6) is 1.41. The highest BCUT2D eigenvalue weighted by atomic mass is 32.2. The van der Waals surface area contributed by atoms with Crippen molar-refractivity contribution in [2.75, 3.05) is 5.75 Å². The predicted molar refractivity (Wildman–Crippen MR) is 140 cm³/mol. The second-order valence-electron chi connectivity index (χ2n) is 9.60. The lowest BCUT2D eigenvalue weighted by Gasteiger charge is -2.33. The van der Waals surface area contributed by atoms with Gasteiger partial charge in [0.15, 0.2) is 0 Å². The summed E-state index contributed by atoms with van der Waals surface area (Å²) in [5, 5.41) is 2.24. The van der Waals surface area contributed by atoms with E-state index in [0.29, 0.717) is 12.5 Å². The fourth-order valence-corrected chi connectivity index (χ4v) is 6.45. The zero-order valence-electron chi connectivity index (χ0n) is 19.6. The number of thioether (sulfide) groups is 1. The van der Waals surface area contributed by atoms with Crippen molar-refractivity contribution in [3.63, 3.8) is 0 Å². The molecule has 3 aromatic heterocycles. The van der Waals surface area contributed by atoms with Gasteiger partial charge in [-0.3, -0.25) is 0 Å². The smallest absolute Gasteiger partial charge is 0.126 e. The molecule has 1 aromatic carbocycles. The molecule has 0 aliphatic carbocycles. The van der Waals surface area contributed by atoms with Crippen LogP contribution in [0.4, 0.5) is 0 Å². The maximum Gasteiger partial charge on any atom is 0.126 e. The summed E-state index contributed by atoms with van der Waals surface area (Å²) in [6, 6.07) is 10.4. The van der Waals surface area contributed by atoms with Crippen LogP contribution in [0.3, 0.4) is 0 Å². The Hall–Kier alpha value is -2.28. The zero-order valence-corrected chi connectivity index (χ0v) is 21.2. The van der Waals surface area contributed by atoms with Crippen molar-refractivity contribution in [1.82, 2.24) is 15.0 Å². The molecule has 0 N–H and O–H groups in total. The molecular weight excluding hydrogens is 446 g/mol. The highest BCUT2D eigenvalue weighted by molar-refractivity contribution is 7.99. The fourth-order valence-electron chi connectivity index (χ4n) is 4.39. The third-order valence-corrected chi connectivity index (χ3v) is 8.06. The molecule has 170 valence electrons. The number of hydrogen-bond acceptors (Lipinski definition) is 6. The van der Waals surface area contributed by atoms with Gasteiger partial charge in [-0.05, 0) is 37.3 Å². The summed E-state index contributed by atoms with van der Waals surface area (Å²) in [4.78, 5) is 15.6. The van der Waals surface area contributed by atoms with E-state index in [-0.39, 0.29) is 5.60 Å². The van der Waals surface area contributed by atoms with Gasteiger partial charge in [0.25, 0.3) is 0 Å². The van der Waals surface area contributed by atoms with Crippen LogP contribution in [-0.2, 0) is 24.2 Å². The van der Waals surface area contributed by atoms with Crippen molar-refractivity contribution < 1.29 is 4.74 Å². The number of pyridine rings is 1. The van der Waals surface area contributed by atoms with E-state index in [0.717, 1.165) is 38.7 Å². The predicted octanol–water partition coefficient (Wildman–Crippen LogP) is 7.09. The molecule has 4 nitrogen and oxygen atoms in total. The molecule has 0 fully saturated rings. The van der Waals surface area contributed by atoms with Gasteiger partial charge in [0.05, 0.1) is 22.4 Å². The second kappa shape index (κ2) is 9.16. The van der Waals surface area contributed by atoms with Gasteiger partial charge in [0, 0.05) is 28.8 Å². The van der Waals surface area contributed by atoms with E-state index in [1.54, 1.807) is 29.4 Å². The number of benzene rings is 1. The lowest BCUT2D eigenvalue weighted by Crippen LogP contribution is -2.33. The summed E-state index contributed by atoms with van der Waals surface area (Å²) in [6.45, 7) is 9.48. The minimum Gasteiger partial charge on any atom is -0.370 e. The largest absolute Gasteiger partial charge is 0.370 e. The van der Waals surface area contributed by atoms with Crippen molar-refractivity contribution in [2.45, 2.75) is 57.8 Å². The molecule has 4 heterocycles. The molecule has 1 aliphatic rings. The van der Waals surface area contributed by atoms with Gasteiger partial charge in [0.2, 0.25) is 0 Å². The number of fused-ring (bicyclic) bond motifs is 5. The van der Waals surface area contributed by atoms with Crippen LogP contribution in [0.25, 0.3) is 26.5 Å². The minimum atomic E-state index is -0.183. The normalized spacial score (nSPS) is 15.7. The highest BCUT2D eigenvalue weighted by Gasteiger charge is 2.31. The minimum absolute atomic E-state index is 0.183. The fraction of sp³-hybridized carbons (Fsp3) is 0.370. The van der Waals surface area contributed by atoms with Crippen LogP contribution in [0.1, 0.15) is 50.1 Å². The molecule has 5 rings (SSSR count). The van der Waals surface area contributed by atoms with Crippen molar-refractivity contribution >= 4 is 49.6 Å². The van der Waals surface area contributed by atoms with Crippen molar-refractivity contribution in [2.24, 2.45) is 5.92 Å². The van der Waals surface area contributed by atoms with Crippen molar-refractivity contribution in [3.05, 3.63) is 65.1 Å². The molecule has 0 saturated heterocycles. The van der Waals surface area contributed by atoms with Gasteiger partial charge in [0.1, 0.15) is 16.2 Å².